The van der Waals surface area contributed by atoms with E-state index in [-0.39, 0.29) is 19.0 Å². The first-order chi connectivity index (χ1) is 8.84. The molecule has 3 nitrogen and oxygen atoms in total. The molecule has 0 aliphatic heterocycles. The number of nitrogens with zero attached hydrogens (tertiary/aromatic N) is 1. The van der Waals surface area contributed by atoms with Gasteiger partial charge in [0.05, 0.1) is 0 Å². The summed E-state index contributed by atoms with van der Waals surface area (Å²) < 4.78 is 65.0. The van der Waals surface area contributed by atoms with Gasteiger partial charge in [0, 0.05) is 31.1 Å². The molecular formula is C11H13ClF3NO2S. The van der Waals surface area contributed by atoms with Crippen LogP contribution in [0.25, 0.3) is 0 Å². The van der Waals surface area contributed by atoms with Crippen molar-refractivity contribution in [3.63, 3.8) is 0 Å². The van der Waals surface area contributed by atoms with E-state index in [0.717, 1.165) is 4.31 Å². The zero-order valence-electron chi connectivity index (χ0n) is 10.2. The quantitative estimate of drug-likeness (QED) is 0.757. The highest BCUT2D eigenvalue weighted by atomic mass is 35.5. The van der Waals surface area contributed by atoms with Crippen molar-refractivity contribution in [3.8, 4) is 0 Å². The van der Waals surface area contributed by atoms with Crippen molar-refractivity contribution in [3.05, 3.63) is 29.6 Å². The van der Waals surface area contributed by atoms with Crippen molar-refractivity contribution in [2.45, 2.75) is 18.2 Å². The summed E-state index contributed by atoms with van der Waals surface area (Å²) in [7, 11) is -4.37. The largest absolute Gasteiger partial charge is 0.248 e. The summed E-state index contributed by atoms with van der Waals surface area (Å²) in [6.45, 7) is 1.72. The summed E-state index contributed by atoms with van der Waals surface area (Å²) in [6, 6.07) is 0.668. The van der Waals surface area contributed by atoms with Gasteiger partial charge in [-0.2, -0.15) is 4.31 Å². The molecule has 0 heterocycles. The van der Waals surface area contributed by atoms with Crippen LogP contribution in [-0.4, -0.2) is 31.7 Å². The standard InChI is InChI=1S/C11H13ClF3NO2S/c1-2-4-16(5-3-12)19(17,18)11-9(14)6-8(13)7-10(11)15/h6-7H,2-5H2,1H3. The number of halogens is 4. The zero-order valence-corrected chi connectivity index (χ0v) is 11.7. The Hall–Kier alpha value is -0.790. The molecule has 0 radical (unpaired) electrons. The van der Waals surface area contributed by atoms with E-state index in [9.17, 15) is 21.6 Å². The maximum absolute atomic E-state index is 13.5. The molecule has 1 rings (SSSR count). The van der Waals surface area contributed by atoms with E-state index in [1.807, 2.05) is 0 Å². The fraction of sp³-hybridized carbons (Fsp3) is 0.455. The van der Waals surface area contributed by atoms with Crippen molar-refractivity contribution < 1.29 is 21.6 Å². The maximum Gasteiger partial charge on any atom is 0.248 e. The van der Waals surface area contributed by atoms with Gasteiger partial charge in [-0.25, -0.2) is 21.6 Å². The first-order valence-electron chi connectivity index (χ1n) is 5.55. The molecule has 0 saturated heterocycles. The topological polar surface area (TPSA) is 37.4 Å². The molecule has 19 heavy (non-hydrogen) atoms. The van der Waals surface area contributed by atoms with Gasteiger partial charge in [-0.05, 0) is 6.42 Å². The van der Waals surface area contributed by atoms with E-state index >= 15 is 0 Å². The molecule has 1 aromatic rings. The summed E-state index contributed by atoms with van der Waals surface area (Å²) in [4.78, 5) is -1.15. The van der Waals surface area contributed by atoms with Crippen molar-refractivity contribution in [2.75, 3.05) is 19.0 Å². The molecule has 1 aromatic carbocycles. The number of alkyl halides is 1. The van der Waals surface area contributed by atoms with Gasteiger partial charge >= 0.3 is 0 Å². The Balaban J connectivity index is 3.33. The van der Waals surface area contributed by atoms with Crippen LogP contribution < -0.4 is 0 Å². The third-order valence-corrected chi connectivity index (χ3v) is 4.49. The SMILES string of the molecule is CCCN(CCCl)S(=O)(=O)c1c(F)cc(F)cc1F. The van der Waals surface area contributed by atoms with Crippen molar-refractivity contribution in [1.82, 2.24) is 4.31 Å². The van der Waals surface area contributed by atoms with Crippen molar-refractivity contribution in [1.29, 1.82) is 0 Å². The average molecular weight is 316 g/mol. The van der Waals surface area contributed by atoms with Gasteiger partial charge in [0.1, 0.15) is 17.5 Å². The third-order valence-electron chi connectivity index (χ3n) is 2.37. The van der Waals surface area contributed by atoms with Crippen LogP contribution in [-0.2, 0) is 10.0 Å². The number of benzene rings is 1. The van der Waals surface area contributed by atoms with E-state index in [2.05, 4.69) is 0 Å². The Morgan fingerprint density at radius 2 is 1.68 bits per heavy atom. The second-order valence-corrected chi connectivity index (χ2v) is 6.04. The lowest BCUT2D eigenvalue weighted by Gasteiger charge is -2.21. The molecule has 0 bridgehead atoms. The lowest BCUT2D eigenvalue weighted by atomic mass is 10.3. The Kier molecular flexibility index (Phi) is 5.64. The summed E-state index contributed by atoms with van der Waals surface area (Å²) in [6.07, 6.45) is 0.459. The smallest absolute Gasteiger partial charge is 0.207 e. The monoisotopic (exact) mass is 315 g/mol. The molecule has 108 valence electrons. The minimum atomic E-state index is -4.37. The van der Waals surface area contributed by atoms with Crippen LogP contribution in [0.3, 0.4) is 0 Å². The fourth-order valence-electron chi connectivity index (χ4n) is 1.60. The van der Waals surface area contributed by atoms with Crippen LogP contribution in [0.1, 0.15) is 13.3 Å². The fourth-order valence-corrected chi connectivity index (χ4v) is 3.53. The van der Waals surface area contributed by atoms with Gasteiger partial charge in [-0.1, -0.05) is 6.92 Å². The van der Waals surface area contributed by atoms with E-state index in [4.69, 9.17) is 11.6 Å². The molecule has 0 fully saturated rings. The highest BCUT2D eigenvalue weighted by Gasteiger charge is 2.30. The highest BCUT2D eigenvalue weighted by Crippen LogP contribution is 2.24. The molecule has 0 aliphatic rings. The van der Waals surface area contributed by atoms with Crippen LogP contribution in [0.15, 0.2) is 17.0 Å². The predicted octanol–water partition coefficient (Wildman–Crippen LogP) is 2.74. The zero-order chi connectivity index (χ0) is 14.6. The Labute approximate surface area is 115 Å². The molecular weight excluding hydrogens is 303 g/mol. The minimum absolute atomic E-state index is 0.0103. The third kappa shape index (κ3) is 3.61. The molecule has 0 unspecified atom stereocenters. The maximum atomic E-state index is 13.5. The molecule has 0 N–H and O–H groups in total. The van der Waals surface area contributed by atoms with Crippen LogP contribution in [0, 0.1) is 17.5 Å². The van der Waals surface area contributed by atoms with Gasteiger partial charge in [0.15, 0.2) is 4.90 Å². The van der Waals surface area contributed by atoms with Gasteiger partial charge in [0.2, 0.25) is 10.0 Å². The second-order valence-electron chi connectivity index (χ2n) is 3.79. The predicted molar refractivity (Wildman–Crippen MR) is 66.1 cm³/mol. The highest BCUT2D eigenvalue weighted by molar-refractivity contribution is 7.89. The first-order valence-corrected chi connectivity index (χ1v) is 7.52. The molecule has 0 saturated carbocycles. The minimum Gasteiger partial charge on any atom is -0.207 e. The molecule has 8 heteroatoms. The molecule has 0 amide bonds. The van der Waals surface area contributed by atoms with Crippen LogP contribution in [0.2, 0.25) is 0 Å². The van der Waals surface area contributed by atoms with Gasteiger partial charge in [-0.3, -0.25) is 0 Å². The average Bonchev–Trinajstić information content (AvgIpc) is 2.26. The lowest BCUT2D eigenvalue weighted by Crippen LogP contribution is -2.34. The number of hydrogen-bond donors (Lipinski definition) is 0. The summed E-state index contributed by atoms with van der Waals surface area (Å²) in [5, 5.41) is 0. The summed E-state index contributed by atoms with van der Waals surface area (Å²) in [5.41, 5.74) is 0. The van der Waals surface area contributed by atoms with Crippen LogP contribution in [0.4, 0.5) is 13.2 Å². The Morgan fingerprint density at radius 1 is 1.16 bits per heavy atom. The Morgan fingerprint density at radius 3 is 2.11 bits per heavy atom. The van der Waals surface area contributed by atoms with Gasteiger partial charge in [0.25, 0.3) is 0 Å². The normalized spacial score (nSPS) is 12.1. The van der Waals surface area contributed by atoms with E-state index in [1.54, 1.807) is 6.92 Å². The molecule has 0 aromatic heterocycles. The summed E-state index contributed by atoms with van der Waals surface area (Å²) >= 11 is 5.48. The molecule has 0 aliphatic carbocycles. The second kappa shape index (κ2) is 6.58. The van der Waals surface area contributed by atoms with E-state index < -0.39 is 32.4 Å². The number of rotatable bonds is 6. The van der Waals surface area contributed by atoms with E-state index in [0.29, 0.717) is 18.6 Å². The number of sulfonamides is 1. The Bertz CT molecular complexity index is 522. The van der Waals surface area contributed by atoms with Crippen LogP contribution >= 0.6 is 11.6 Å². The number of hydrogen-bond acceptors (Lipinski definition) is 2. The van der Waals surface area contributed by atoms with Crippen molar-refractivity contribution in [2.24, 2.45) is 0 Å². The van der Waals surface area contributed by atoms with E-state index in [1.165, 1.54) is 0 Å². The van der Waals surface area contributed by atoms with Gasteiger partial charge < -0.3 is 0 Å². The summed E-state index contributed by atoms with van der Waals surface area (Å²) in [5.74, 6) is -4.08. The molecule has 0 atom stereocenters. The van der Waals surface area contributed by atoms with Crippen LogP contribution in [0.5, 0.6) is 0 Å². The van der Waals surface area contributed by atoms with Gasteiger partial charge in [-0.15, -0.1) is 11.6 Å². The lowest BCUT2D eigenvalue weighted by molar-refractivity contribution is 0.415. The first kappa shape index (κ1) is 16.3. The van der Waals surface area contributed by atoms with Crippen molar-refractivity contribution >= 4 is 21.6 Å². The molecule has 0 spiro atoms.